The van der Waals surface area contributed by atoms with Crippen molar-refractivity contribution in [3.05, 3.63) is 23.7 Å². The van der Waals surface area contributed by atoms with Crippen LogP contribution in [-0.4, -0.2) is 23.2 Å². The molecule has 2 rings (SSSR count). The summed E-state index contributed by atoms with van der Waals surface area (Å²) in [5.74, 6) is -1.00. The van der Waals surface area contributed by atoms with E-state index in [2.05, 4.69) is 5.32 Å². The van der Waals surface area contributed by atoms with E-state index in [1.165, 1.54) is 13.0 Å². The lowest BCUT2D eigenvalue weighted by atomic mass is 9.95. The van der Waals surface area contributed by atoms with Gasteiger partial charge in [0.2, 0.25) is 11.5 Å². The Hall–Kier alpha value is -1.50. The zero-order chi connectivity index (χ0) is 15.1. The first kappa shape index (κ1) is 14.9. The molecule has 0 spiro atoms. The van der Waals surface area contributed by atoms with Gasteiger partial charge in [0.05, 0.1) is 6.42 Å². The van der Waals surface area contributed by atoms with Crippen LogP contribution in [0.3, 0.4) is 0 Å². The Morgan fingerprint density at radius 2 is 2.10 bits per heavy atom. The molecule has 0 aliphatic heterocycles. The van der Waals surface area contributed by atoms with E-state index in [1.54, 1.807) is 0 Å². The van der Waals surface area contributed by atoms with Crippen LogP contribution in [0.2, 0.25) is 0 Å². The fourth-order valence-corrected chi connectivity index (χ4v) is 2.00. The maximum absolute atomic E-state index is 13.1. The molecule has 4 nitrogen and oxygen atoms in total. The number of carbonyl (C=O) groups excluding carboxylic acids is 1. The standard InChI is InChI=1S/C13H16F3NO3/c1-7-5-9(7)17-11(18)6-12(19,13(14,15)16)10-4-3-8(2)20-10/h3-4,7,9,19H,5-6H2,1-2H3,(H,17,18). The number of furan rings is 1. The van der Waals surface area contributed by atoms with Crippen LogP contribution in [0.25, 0.3) is 0 Å². The van der Waals surface area contributed by atoms with Crippen molar-refractivity contribution in [3.63, 3.8) is 0 Å². The predicted octanol–water partition coefficient (Wildman–Crippen LogP) is 2.25. The molecule has 3 atom stereocenters. The fraction of sp³-hybridized carbons (Fsp3) is 0.615. The number of rotatable bonds is 4. The van der Waals surface area contributed by atoms with E-state index in [4.69, 9.17) is 4.42 Å². The van der Waals surface area contributed by atoms with Crippen molar-refractivity contribution in [1.82, 2.24) is 5.32 Å². The molecule has 1 amide bonds. The van der Waals surface area contributed by atoms with Gasteiger partial charge in [-0.1, -0.05) is 6.92 Å². The second kappa shape index (κ2) is 4.80. The van der Waals surface area contributed by atoms with Gasteiger partial charge in [0.1, 0.15) is 11.5 Å². The summed E-state index contributed by atoms with van der Waals surface area (Å²) in [5.41, 5.74) is -3.30. The van der Waals surface area contributed by atoms with Crippen LogP contribution in [0.5, 0.6) is 0 Å². The SMILES string of the molecule is Cc1ccc(C(O)(CC(=O)NC2CC2C)C(F)(F)F)o1. The number of aryl methyl sites for hydroxylation is 1. The smallest absolute Gasteiger partial charge is 0.425 e. The van der Waals surface area contributed by atoms with Crippen LogP contribution in [-0.2, 0) is 10.4 Å². The summed E-state index contributed by atoms with van der Waals surface area (Å²) >= 11 is 0. The normalized spacial score (nSPS) is 25.1. The molecule has 1 aromatic rings. The summed E-state index contributed by atoms with van der Waals surface area (Å²) < 4.78 is 44.2. The van der Waals surface area contributed by atoms with Gasteiger partial charge >= 0.3 is 6.18 Å². The van der Waals surface area contributed by atoms with E-state index >= 15 is 0 Å². The van der Waals surface area contributed by atoms with Gasteiger partial charge in [-0.05, 0) is 31.4 Å². The monoisotopic (exact) mass is 291 g/mol. The van der Waals surface area contributed by atoms with E-state index in [1.807, 2.05) is 6.92 Å². The Morgan fingerprint density at radius 3 is 2.50 bits per heavy atom. The average Bonchev–Trinajstić information content (AvgIpc) is 2.81. The maximum Gasteiger partial charge on any atom is 0.425 e. The van der Waals surface area contributed by atoms with Gasteiger partial charge in [-0.15, -0.1) is 0 Å². The van der Waals surface area contributed by atoms with E-state index < -0.39 is 29.9 Å². The van der Waals surface area contributed by atoms with Crippen LogP contribution in [0, 0.1) is 12.8 Å². The summed E-state index contributed by atoms with van der Waals surface area (Å²) in [6.07, 6.45) is -5.35. The molecule has 2 N–H and O–H groups in total. The molecule has 3 unspecified atom stereocenters. The highest BCUT2D eigenvalue weighted by molar-refractivity contribution is 5.78. The molecule has 1 aliphatic carbocycles. The van der Waals surface area contributed by atoms with Crippen LogP contribution in [0.4, 0.5) is 13.2 Å². The largest absolute Gasteiger partial charge is 0.463 e. The number of alkyl halides is 3. The predicted molar refractivity (Wildman–Crippen MR) is 63.7 cm³/mol. The minimum absolute atomic E-state index is 0.0988. The highest BCUT2D eigenvalue weighted by Gasteiger charge is 2.58. The summed E-state index contributed by atoms with van der Waals surface area (Å²) in [7, 11) is 0. The molecule has 0 radical (unpaired) electrons. The molecular weight excluding hydrogens is 275 g/mol. The van der Waals surface area contributed by atoms with E-state index in [0.29, 0.717) is 0 Å². The summed E-state index contributed by atoms with van der Waals surface area (Å²) in [6, 6.07) is 2.25. The highest BCUT2D eigenvalue weighted by Crippen LogP contribution is 2.42. The third-order valence-electron chi connectivity index (χ3n) is 3.49. The number of hydrogen-bond acceptors (Lipinski definition) is 3. The van der Waals surface area contributed by atoms with Crippen molar-refractivity contribution >= 4 is 5.91 Å². The lowest BCUT2D eigenvalue weighted by Gasteiger charge is -2.28. The minimum atomic E-state index is -5.00. The molecule has 1 aromatic heterocycles. The summed E-state index contributed by atoms with van der Waals surface area (Å²) in [6.45, 7) is 3.35. The Balaban J connectivity index is 2.17. The summed E-state index contributed by atoms with van der Waals surface area (Å²) in [4.78, 5) is 11.7. The van der Waals surface area contributed by atoms with Gasteiger partial charge < -0.3 is 14.8 Å². The quantitative estimate of drug-likeness (QED) is 0.894. The molecule has 112 valence electrons. The van der Waals surface area contributed by atoms with Gasteiger partial charge in [-0.2, -0.15) is 13.2 Å². The molecule has 1 fully saturated rings. The number of amides is 1. The molecule has 20 heavy (non-hydrogen) atoms. The number of hydrogen-bond donors (Lipinski definition) is 2. The highest BCUT2D eigenvalue weighted by atomic mass is 19.4. The van der Waals surface area contributed by atoms with Crippen molar-refractivity contribution < 1.29 is 27.5 Å². The first-order valence-electron chi connectivity index (χ1n) is 6.29. The van der Waals surface area contributed by atoms with Crippen LogP contribution >= 0.6 is 0 Å². The van der Waals surface area contributed by atoms with Crippen molar-refractivity contribution in [3.8, 4) is 0 Å². The van der Waals surface area contributed by atoms with Crippen molar-refractivity contribution in [2.45, 2.75) is 44.5 Å². The number of nitrogens with one attached hydrogen (secondary N) is 1. The molecule has 0 saturated heterocycles. The molecule has 1 heterocycles. The topological polar surface area (TPSA) is 62.5 Å². The van der Waals surface area contributed by atoms with E-state index in [-0.39, 0.29) is 17.7 Å². The maximum atomic E-state index is 13.1. The lowest BCUT2D eigenvalue weighted by molar-refractivity contribution is -0.273. The van der Waals surface area contributed by atoms with Crippen molar-refractivity contribution in [1.29, 1.82) is 0 Å². The van der Waals surface area contributed by atoms with Crippen LogP contribution < -0.4 is 5.32 Å². The van der Waals surface area contributed by atoms with Crippen molar-refractivity contribution in [2.24, 2.45) is 5.92 Å². The second-order valence-electron chi connectivity index (χ2n) is 5.33. The van der Waals surface area contributed by atoms with Gasteiger partial charge in [0.15, 0.2) is 0 Å². The zero-order valence-electron chi connectivity index (χ0n) is 11.1. The Labute approximate surface area is 114 Å². The van der Waals surface area contributed by atoms with Gasteiger partial charge in [-0.25, -0.2) is 0 Å². The molecule has 7 heteroatoms. The lowest BCUT2D eigenvalue weighted by Crippen LogP contribution is -2.46. The van der Waals surface area contributed by atoms with E-state index in [0.717, 1.165) is 12.5 Å². The second-order valence-corrected chi connectivity index (χ2v) is 5.33. The minimum Gasteiger partial charge on any atom is -0.463 e. The molecule has 0 bridgehead atoms. The third-order valence-corrected chi connectivity index (χ3v) is 3.49. The molecule has 1 saturated carbocycles. The Morgan fingerprint density at radius 1 is 1.50 bits per heavy atom. The zero-order valence-corrected chi connectivity index (χ0v) is 11.1. The fourth-order valence-electron chi connectivity index (χ4n) is 2.00. The molecule has 1 aliphatic rings. The number of halogens is 3. The van der Waals surface area contributed by atoms with Gasteiger partial charge in [0.25, 0.3) is 0 Å². The van der Waals surface area contributed by atoms with Crippen LogP contribution in [0.1, 0.15) is 31.3 Å². The third kappa shape index (κ3) is 2.82. The van der Waals surface area contributed by atoms with Crippen molar-refractivity contribution in [2.75, 3.05) is 0 Å². The Bertz CT molecular complexity index is 511. The summed E-state index contributed by atoms with van der Waals surface area (Å²) in [5, 5.41) is 12.4. The van der Waals surface area contributed by atoms with Gasteiger partial charge in [0, 0.05) is 6.04 Å². The first-order valence-corrected chi connectivity index (χ1v) is 6.29. The molecule has 0 aromatic carbocycles. The molecular formula is C13H16F3NO3. The average molecular weight is 291 g/mol. The Kier molecular flexibility index (Phi) is 3.58. The van der Waals surface area contributed by atoms with E-state index in [9.17, 15) is 23.1 Å². The van der Waals surface area contributed by atoms with Crippen LogP contribution in [0.15, 0.2) is 16.5 Å². The van der Waals surface area contributed by atoms with Gasteiger partial charge in [-0.3, -0.25) is 4.79 Å². The first-order chi connectivity index (χ1) is 9.13. The number of aliphatic hydroxyl groups is 1. The number of carbonyl (C=O) groups is 1.